The highest BCUT2D eigenvalue weighted by atomic mass is 16.7. The molecule has 18 heavy (non-hydrogen) atoms. The van der Waals surface area contributed by atoms with Gasteiger partial charge in [-0.25, -0.2) is 0 Å². The van der Waals surface area contributed by atoms with Gasteiger partial charge in [-0.1, -0.05) is 38.3 Å². The first-order valence-electron chi connectivity index (χ1n) is 7.73. The standard InChI is InChI=1S/C16H32O2/c1-4-7-8-9-10-11-12-13-14-15-16(17-5-2)18-6-3/h7-8,16H,4-6,9-15H2,1-3H3/b8-7-. The topological polar surface area (TPSA) is 18.5 Å². The van der Waals surface area contributed by atoms with Crippen LogP contribution in [0.2, 0.25) is 0 Å². The smallest absolute Gasteiger partial charge is 0.157 e. The van der Waals surface area contributed by atoms with E-state index in [-0.39, 0.29) is 6.29 Å². The minimum atomic E-state index is 0.0208. The van der Waals surface area contributed by atoms with Crippen LogP contribution in [0.4, 0.5) is 0 Å². The molecular formula is C16H32O2. The largest absolute Gasteiger partial charge is 0.353 e. The Morgan fingerprint density at radius 2 is 1.39 bits per heavy atom. The maximum atomic E-state index is 5.52. The second kappa shape index (κ2) is 14.7. The Kier molecular flexibility index (Phi) is 14.4. The van der Waals surface area contributed by atoms with Crippen LogP contribution in [0.15, 0.2) is 12.2 Å². The summed E-state index contributed by atoms with van der Waals surface area (Å²) >= 11 is 0. The number of allylic oxidation sites excluding steroid dienone is 2. The van der Waals surface area contributed by atoms with Gasteiger partial charge in [0.1, 0.15) is 0 Å². The fraction of sp³-hybridized carbons (Fsp3) is 0.875. The third-order valence-corrected chi connectivity index (χ3v) is 2.92. The molecule has 0 unspecified atom stereocenters. The van der Waals surface area contributed by atoms with Gasteiger partial charge >= 0.3 is 0 Å². The van der Waals surface area contributed by atoms with Gasteiger partial charge in [0.05, 0.1) is 0 Å². The zero-order valence-corrected chi connectivity index (χ0v) is 12.6. The van der Waals surface area contributed by atoms with Crippen LogP contribution in [0.5, 0.6) is 0 Å². The van der Waals surface area contributed by atoms with Crippen LogP contribution >= 0.6 is 0 Å². The van der Waals surface area contributed by atoms with E-state index in [0.29, 0.717) is 0 Å². The van der Waals surface area contributed by atoms with Gasteiger partial charge in [0.15, 0.2) is 6.29 Å². The van der Waals surface area contributed by atoms with Gasteiger partial charge in [-0.3, -0.25) is 0 Å². The molecule has 0 aliphatic rings. The van der Waals surface area contributed by atoms with Gasteiger partial charge in [-0.15, -0.1) is 0 Å². The highest BCUT2D eigenvalue weighted by Gasteiger charge is 2.06. The van der Waals surface area contributed by atoms with E-state index >= 15 is 0 Å². The number of hydrogen-bond donors (Lipinski definition) is 0. The molecule has 0 saturated heterocycles. The van der Waals surface area contributed by atoms with Crippen molar-refractivity contribution in [1.82, 2.24) is 0 Å². The molecule has 108 valence electrons. The second-order valence-electron chi connectivity index (χ2n) is 4.57. The summed E-state index contributed by atoms with van der Waals surface area (Å²) in [6, 6.07) is 0. The van der Waals surface area contributed by atoms with Crippen LogP contribution in [0.3, 0.4) is 0 Å². The van der Waals surface area contributed by atoms with E-state index < -0.39 is 0 Å². The van der Waals surface area contributed by atoms with Gasteiger partial charge in [-0.2, -0.15) is 0 Å². The molecule has 0 aromatic heterocycles. The SMILES string of the molecule is CC/C=C\CCCCCCCC(OCC)OCC. The molecule has 0 fully saturated rings. The molecule has 0 heterocycles. The predicted molar refractivity (Wildman–Crippen MR) is 78.8 cm³/mol. The van der Waals surface area contributed by atoms with Crippen LogP contribution < -0.4 is 0 Å². The summed E-state index contributed by atoms with van der Waals surface area (Å²) in [6.45, 7) is 7.72. The zero-order valence-electron chi connectivity index (χ0n) is 12.6. The lowest BCUT2D eigenvalue weighted by molar-refractivity contribution is -0.140. The summed E-state index contributed by atoms with van der Waals surface area (Å²) in [5.41, 5.74) is 0. The third-order valence-electron chi connectivity index (χ3n) is 2.92. The summed E-state index contributed by atoms with van der Waals surface area (Å²) in [5, 5.41) is 0. The first-order valence-corrected chi connectivity index (χ1v) is 7.73. The Balaban J connectivity index is 3.29. The van der Waals surface area contributed by atoms with Crippen molar-refractivity contribution >= 4 is 0 Å². The van der Waals surface area contributed by atoms with Crippen LogP contribution in [0.1, 0.15) is 72.1 Å². The summed E-state index contributed by atoms with van der Waals surface area (Å²) in [5.74, 6) is 0. The van der Waals surface area contributed by atoms with E-state index in [4.69, 9.17) is 9.47 Å². The van der Waals surface area contributed by atoms with E-state index in [9.17, 15) is 0 Å². The molecule has 0 N–H and O–H groups in total. The molecule has 0 aromatic carbocycles. The van der Waals surface area contributed by atoms with Crippen molar-refractivity contribution < 1.29 is 9.47 Å². The van der Waals surface area contributed by atoms with Crippen LogP contribution in [-0.2, 0) is 9.47 Å². The molecule has 0 aliphatic carbocycles. The molecule has 0 saturated carbocycles. The monoisotopic (exact) mass is 256 g/mol. The lowest BCUT2D eigenvalue weighted by Crippen LogP contribution is -2.17. The maximum Gasteiger partial charge on any atom is 0.157 e. The molecule has 2 heteroatoms. The Hall–Kier alpha value is -0.340. The van der Waals surface area contributed by atoms with Gasteiger partial charge < -0.3 is 9.47 Å². The van der Waals surface area contributed by atoms with Crippen LogP contribution in [0.25, 0.3) is 0 Å². The highest BCUT2D eigenvalue weighted by Crippen LogP contribution is 2.11. The lowest BCUT2D eigenvalue weighted by Gasteiger charge is -2.16. The van der Waals surface area contributed by atoms with Gasteiger partial charge in [0.2, 0.25) is 0 Å². The van der Waals surface area contributed by atoms with Crippen LogP contribution in [0, 0.1) is 0 Å². The first-order chi connectivity index (χ1) is 8.85. The number of ether oxygens (including phenoxy) is 2. The Bertz CT molecular complexity index is 172. The average Bonchev–Trinajstić information content (AvgIpc) is 2.37. The quantitative estimate of drug-likeness (QED) is 0.260. The molecule has 0 atom stereocenters. The van der Waals surface area contributed by atoms with E-state index in [1.807, 2.05) is 13.8 Å². The molecular weight excluding hydrogens is 224 g/mol. The summed E-state index contributed by atoms with van der Waals surface area (Å²) in [7, 11) is 0. The fourth-order valence-electron chi connectivity index (χ4n) is 1.97. The van der Waals surface area contributed by atoms with Gasteiger partial charge in [-0.05, 0) is 46.0 Å². The minimum Gasteiger partial charge on any atom is -0.353 e. The van der Waals surface area contributed by atoms with Crippen molar-refractivity contribution in [1.29, 1.82) is 0 Å². The molecule has 0 rings (SSSR count). The molecule has 0 spiro atoms. The summed E-state index contributed by atoms with van der Waals surface area (Å²) in [6.07, 6.45) is 14.6. The first kappa shape index (κ1) is 17.7. The summed E-state index contributed by atoms with van der Waals surface area (Å²) in [4.78, 5) is 0. The predicted octanol–water partition coefficient (Wildman–Crippen LogP) is 5.08. The second-order valence-corrected chi connectivity index (χ2v) is 4.57. The third kappa shape index (κ3) is 12.1. The Morgan fingerprint density at radius 1 is 0.778 bits per heavy atom. The van der Waals surface area contributed by atoms with Crippen molar-refractivity contribution in [3.8, 4) is 0 Å². The van der Waals surface area contributed by atoms with Crippen molar-refractivity contribution in [3.05, 3.63) is 12.2 Å². The molecule has 0 radical (unpaired) electrons. The molecule has 0 amide bonds. The Morgan fingerprint density at radius 3 is 2.00 bits per heavy atom. The van der Waals surface area contributed by atoms with Crippen molar-refractivity contribution in [3.63, 3.8) is 0 Å². The van der Waals surface area contributed by atoms with E-state index in [1.165, 1.54) is 38.5 Å². The van der Waals surface area contributed by atoms with E-state index in [0.717, 1.165) is 26.1 Å². The number of hydrogen-bond acceptors (Lipinski definition) is 2. The molecule has 0 bridgehead atoms. The Labute approximate surface area is 114 Å². The van der Waals surface area contributed by atoms with E-state index in [2.05, 4.69) is 19.1 Å². The fourth-order valence-corrected chi connectivity index (χ4v) is 1.97. The van der Waals surface area contributed by atoms with Crippen molar-refractivity contribution in [2.75, 3.05) is 13.2 Å². The normalized spacial score (nSPS) is 11.8. The highest BCUT2D eigenvalue weighted by molar-refractivity contribution is 4.79. The van der Waals surface area contributed by atoms with Crippen LogP contribution in [-0.4, -0.2) is 19.5 Å². The van der Waals surface area contributed by atoms with Gasteiger partial charge in [0, 0.05) is 13.2 Å². The van der Waals surface area contributed by atoms with Crippen molar-refractivity contribution in [2.24, 2.45) is 0 Å². The van der Waals surface area contributed by atoms with Gasteiger partial charge in [0.25, 0.3) is 0 Å². The number of unbranched alkanes of at least 4 members (excludes halogenated alkanes) is 5. The van der Waals surface area contributed by atoms with E-state index in [1.54, 1.807) is 0 Å². The molecule has 0 aromatic rings. The minimum absolute atomic E-state index is 0.0208. The van der Waals surface area contributed by atoms with Crippen molar-refractivity contribution in [2.45, 2.75) is 78.4 Å². The maximum absolute atomic E-state index is 5.52. The molecule has 2 nitrogen and oxygen atoms in total. The average molecular weight is 256 g/mol. The number of rotatable bonds is 13. The molecule has 0 aliphatic heterocycles. The summed E-state index contributed by atoms with van der Waals surface area (Å²) < 4.78 is 11.0. The zero-order chi connectivity index (χ0) is 13.5. The lowest BCUT2D eigenvalue weighted by atomic mass is 10.1.